The Bertz CT molecular complexity index is 815. The average Bonchev–Trinajstić information content (AvgIpc) is 3.18. The molecule has 23 heavy (non-hydrogen) atoms. The summed E-state index contributed by atoms with van der Waals surface area (Å²) in [5.41, 5.74) is 2.93. The molecule has 4 aromatic carbocycles. The van der Waals surface area contributed by atoms with Crippen molar-refractivity contribution in [3.8, 4) is 0 Å². The molecular weight excluding hydrogens is 402 g/mol. The third-order valence-corrected chi connectivity index (χ3v) is 4.21. The fourth-order valence-electron chi connectivity index (χ4n) is 3.14. The minimum absolute atomic E-state index is 0.826. The van der Waals surface area contributed by atoms with E-state index in [-0.39, 0.29) is 0 Å². The normalized spacial score (nSPS) is 10.3. The first-order chi connectivity index (χ1) is 11.3. The fraction of sp³-hybridized carbons (Fsp3) is 0.100. The van der Waals surface area contributed by atoms with Crippen LogP contribution in [0.2, 0.25) is 0 Å². The maximum absolute atomic E-state index is 4.93. The minimum Gasteiger partial charge on any atom is -0.154 e. The Morgan fingerprint density at radius 2 is 1.09 bits per heavy atom. The Balaban J connectivity index is 0.000000485. The van der Waals surface area contributed by atoms with Gasteiger partial charge in [-0.3, -0.25) is 0 Å². The summed E-state index contributed by atoms with van der Waals surface area (Å²) >= 11 is -0.826. The first-order valence-corrected chi connectivity index (χ1v) is 13.9. The maximum Gasteiger partial charge on any atom is -0.0745 e. The van der Waals surface area contributed by atoms with E-state index in [9.17, 15) is 0 Å². The van der Waals surface area contributed by atoms with Gasteiger partial charge in [-0.2, -0.15) is 11.1 Å². The molecule has 0 aromatic heterocycles. The molecule has 0 saturated carbocycles. The maximum atomic E-state index is 4.93. The van der Waals surface area contributed by atoms with Crippen LogP contribution in [0, 0.1) is 0 Å². The molecule has 0 atom stereocenters. The molecule has 0 heterocycles. The molecule has 3 heteroatoms. The molecular formula is C20H16Cl2Zr. The van der Waals surface area contributed by atoms with E-state index >= 15 is 0 Å². The molecule has 4 aromatic rings. The first kappa shape index (κ1) is 17.0. The second-order valence-corrected chi connectivity index (χ2v) is 9.19. The van der Waals surface area contributed by atoms with Gasteiger partial charge in [-0.15, -0.1) is 82.2 Å². The van der Waals surface area contributed by atoms with Crippen LogP contribution in [-0.4, -0.2) is 0 Å². The molecule has 0 radical (unpaired) electrons. The monoisotopic (exact) mass is 416 g/mol. The van der Waals surface area contributed by atoms with Crippen molar-refractivity contribution in [2.45, 2.75) is 12.8 Å². The van der Waals surface area contributed by atoms with Gasteiger partial charge in [0, 0.05) is 0 Å². The van der Waals surface area contributed by atoms with Crippen molar-refractivity contribution in [2.75, 3.05) is 0 Å². The SMILES string of the molecule is [Cl][Zr+2][Cl].c1ccc2c(CCc3c[cH-]c4ccccc34)c[cH-]c2c1. The third kappa shape index (κ3) is 3.97. The van der Waals surface area contributed by atoms with Crippen LogP contribution in [0.3, 0.4) is 0 Å². The number of hydrogen-bond acceptors (Lipinski definition) is 0. The average molecular weight is 418 g/mol. The van der Waals surface area contributed by atoms with Gasteiger partial charge in [0.15, 0.2) is 0 Å². The van der Waals surface area contributed by atoms with Gasteiger partial charge in [-0.05, 0) is 0 Å². The van der Waals surface area contributed by atoms with Crippen LogP contribution in [0.5, 0.6) is 0 Å². The van der Waals surface area contributed by atoms with Crippen LogP contribution in [0.4, 0.5) is 0 Å². The van der Waals surface area contributed by atoms with Crippen LogP contribution in [0.15, 0.2) is 72.8 Å². The molecule has 0 saturated heterocycles. The van der Waals surface area contributed by atoms with E-state index in [1.165, 1.54) is 32.7 Å². The minimum atomic E-state index is -0.826. The van der Waals surface area contributed by atoms with E-state index in [1.807, 2.05) is 0 Å². The van der Waals surface area contributed by atoms with Gasteiger partial charge in [-0.25, -0.2) is 0 Å². The Morgan fingerprint density at radius 3 is 1.52 bits per heavy atom. The topological polar surface area (TPSA) is 0 Å². The summed E-state index contributed by atoms with van der Waals surface area (Å²) in [6.07, 6.45) is 2.23. The van der Waals surface area contributed by atoms with E-state index in [4.69, 9.17) is 17.0 Å². The van der Waals surface area contributed by atoms with Gasteiger partial charge in [0.1, 0.15) is 0 Å². The molecule has 0 fully saturated rings. The quantitative estimate of drug-likeness (QED) is 0.329. The van der Waals surface area contributed by atoms with Crippen LogP contribution in [0.25, 0.3) is 21.5 Å². The van der Waals surface area contributed by atoms with Crippen molar-refractivity contribution in [3.63, 3.8) is 0 Å². The zero-order chi connectivity index (χ0) is 16.1. The standard InChI is InChI=1S/C20H16.2ClH.Zr/c1-3-7-19-15(5-1)9-11-17(19)13-14-18-12-10-16-6-2-4-8-20(16)18;;;/h1-12H,13-14H2;2*1H;/q-2;;;+4/p-2. The van der Waals surface area contributed by atoms with E-state index in [1.54, 1.807) is 0 Å². The first-order valence-electron chi connectivity index (χ1n) is 7.56. The van der Waals surface area contributed by atoms with Crippen molar-refractivity contribution >= 4 is 38.6 Å². The Kier molecular flexibility index (Phi) is 6.11. The molecule has 0 amide bonds. The van der Waals surface area contributed by atoms with Crippen LogP contribution < -0.4 is 0 Å². The third-order valence-electron chi connectivity index (χ3n) is 4.21. The van der Waals surface area contributed by atoms with E-state index < -0.39 is 20.8 Å². The van der Waals surface area contributed by atoms with E-state index in [2.05, 4.69) is 72.8 Å². The summed E-state index contributed by atoms with van der Waals surface area (Å²) in [5, 5.41) is 5.52. The zero-order valence-corrected chi connectivity index (χ0v) is 16.6. The van der Waals surface area contributed by atoms with Gasteiger partial charge >= 0.3 is 37.9 Å². The van der Waals surface area contributed by atoms with Crippen molar-refractivity contribution in [1.82, 2.24) is 0 Å². The zero-order valence-electron chi connectivity index (χ0n) is 12.6. The van der Waals surface area contributed by atoms with Crippen LogP contribution in [-0.2, 0) is 33.7 Å². The molecule has 0 bridgehead atoms. The van der Waals surface area contributed by atoms with Crippen molar-refractivity contribution < 1.29 is 20.8 Å². The Labute approximate surface area is 155 Å². The Morgan fingerprint density at radius 1 is 0.696 bits per heavy atom. The molecule has 0 spiro atoms. The molecule has 0 aliphatic heterocycles. The van der Waals surface area contributed by atoms with Gasteiger partial charge in [-0.1, -0.05) is 25.0 Å². The van der Waals surface area contributed by atoms with Crippen molar-refractivity contribution in [2.24, 2.45) is 0 Å². The summed E-state index contributed by atoms with van der Waals surface area (Å²) in [4.78, 5) is 0. The number of fused-ring (bicyclic) bond motifs is 2. The van der Waals surface area contributed by atoms with E-state index in [0.717, 1.165) is 12.8 Å². The predicted molar refractivity (Wildman–Crippen MR) is 98.2 cm³/mol. The molecule has 0 N–H and O–H groups in total. The van der Waals surface area contributed by atoms with Crippen molar-refractivity contribution in [3.05, 3.63) is 83.9 Å². The second-order valence-electron chi connectivity index (χ2n) is 5.46. The number of rotatable bonds is 3. The number of aryl methyl sites for hydroxylation is 2. The van der Waals surface area contributed by atoms with Gasteiger partial charge in [0.25, 0.3) is 0 Å². The van der Waals surface area contributed by atoms with Gasteiger partial charge in [0.2, 0.25) is 0 Å². The van der Waals surface area contributed by atoms with Crippen LogP contribution >= 0.6 is 17.0 Å². The molecule has 0 aliphatic carbocycles. The molecule has 0 nitrogen and oxygen atoms in total. The molecule has 114 valence electrons. The molecule has 4 rings (SSSR count). The van der Waals surface area contributed by atoms with Gasteiger partial charge < -0.3 is 0 Å². The van der Waals surface area contributed by atoms with Crippen LogP contribution in [0.1, 0.15) is 11.1 Å². The number of halogens is 2. The van der Waals surface area contributed by atoms with Gasteiger partial charge in [0.05, 0.1) is 0 Å². The number of benzene rings is 2. The Hall–Kier alpha value is -0.877. The van der Waals surface area contributed by atoms with E-state index in [0.29, 0.717) is 0 Å². The smallest absolute Gasteiger partial charge is 0.0745 e. The largest absolute Gasteiger partial charge is 0.154 e. The summed E-state index contributed by atoms with van der Waals surface area (Å²) in [5.74, 6) is 0. The summed E-state index contributed by atoms with van der Waals surface area (Å²) in [7, 11) is 9.87. The summed E-state index contributed by atoms with van der Waals surface area (Å²) in [6.45, 7) is 0. The summed E-state index contributed by atoms with van der Waals surface area (Å²) < 4.78 is 0. The molecule has 0 aliphatic rings. The predicted octanol–water partition coefficient (Wildman–Crippen LogP) is 6.59. The van der Waals surface area contributed by atoms with Crippen molar-refractivity contribution in [1.29, 1.82) is 0 Å². The second kappa shape index (κ2) is 8.29. The number of hydrogen-bond donors (Lipinski definition) is 0. The molecule has 0 unspecified atom stereocenters. The fourth-order valence-corrected chi connectivity index (χ4v) is 3.14. The summed E-state index contributed by atoms with van der Waals surface area (Å²) in [6, 6.07) is 26.3.